The number of rotatable bonds is 4. The highest BCUT2D eigenvalue weighted by Gasteiger charge is 2.16. The largest absolute Gasteiger partial charge is 0.451 e. The number of carbonyl (C=O) groups excluding carboxylic acids is 1. The molecule has 8 nitrogen and oxygen atoms in total. The van der Waals surface area contributed by atoms with Gasteiger partial charge in [0.15, 0.2) is 10.9 Å². The van der Waals surface area contributed by atoms with E-state index < -0.39 is 5.91 Å². The molecule has 1 amide bonds. The Balaban J connectivity index is 1.23. The second kappa shape index (κ2) is 8.91. The summed E-state index contributed by atoms with van der Waals surface area (Å²) in [4.78, 5) is 13.2. The Morgan fingerprint density at radius 2 is 1.91 bits per heavy atom. The minimum absolute atomic E-state index is 0.0869. The van der Waals surface area contributed by atoms with Crippen LogP contribution in [-0.4, -0.2) is 30.8 Å². The molecule has 0 radical (unpaired) electrons. The Hall–Kier alpha value is -3.31. The lowest BCUT2D eigenvalue weighted by molar-refractivity contribution is 0.0951. The van der Waals surface area contributed by atoms with E-state index in [1.807, 2.05) is 24.3 Å². The third-order valence-electron chi connectivity index (χ3n) is 4.55. The second-order valence-electron chi connectivity index (χ2n) is 6.72. The molecule has 2 N–H and O–H groups in total. The molecule has 0 aliphatic carbocycles. The molecule has 3 heterocycles. The Bertz CT molecular complexity index is 1460. The molecule has 12 heteroatoms. The van der Waals surface area contributed by atoms with Crippen molar-refractivity contribution in [2.75, 3.05) is 5.32 Å². The predicted molar refractivity (Wildman–Crippen MR) is 132 cm³/mol. The topological polar surface area (TPSA) is 97.4 Å². The van der Waals surface area contributed by atoms with Crippen molar-refractivity contribution >= 4 is 68.4 Å². The van der Waals surface area contributed by atoms with Gasteiger partial charge in [0.2, 0.25) is 4.96 Å². The fraction of sp³-hybridized carbons (Fsp3) is 0. The van der Waals surface area contributed by atoms with Crippen LogP contribution in [0.5, 0.6) is 0 Å². The minimum Gasteiger partial charge on any atom is -0.451 e. The number of halogens is 2. The normalized spacial score (nSPS) is 11.0. The molecule has 3 aromatic heterocycles. The summed E-state index contributed by atoms with van der Waals surface area (Å²) in [7, 11) is 0. The summed E-state index contributed by atoms with van der Waals surface area (Å²) in [5.41, 5.74) is 2.22. The molecule has 0 atom stereocenters. The molecule has 0 unspecified atom stereocenters. The highest BCUT2D eigenvalue weighted by Crippen LogP contribution is 2.34. The summed E-state index contributed by atoms with van der Waals surface area (Å²) in [6.07, 6.45) is 1.55. The van der Waals surface area contributed by atoms with Crippen molar-refractivity contribution in [2.45, 2.75) is 0 Å². The maximum absolute atomic E-state index is 12.5. The summed E-state index contributed by atoms with van der Waals surface area (Å²) in [6.45, 7) is 0. The van der Waals surface area contributed by atoms with Crippen molar-refractivity contribution in [3.05, 3.63) is 76.7 Å². The molecule has 0 aliphatic heterocycles. The first-order chi connectivity index (χ1) is 16.0. The monoisotopic (exact) mass is 514 g/mol. The van der Waals surface area contributed by atoms with E-state index in [0.29, 0.717) is 27.1 Å². The van der Waals surface area contributed by atoms with E-state index in [0.717, 1.165) is 15.5 Å². The van der Waals surface area contributed by atoms with Gasteiger partial charge >= 0.3 is 0 Å². The molecule has 0 spiro atoms. The van der Waals surface area contributed by atoms with E-state index in [1.165, 1.54) is 11.3 Å². The zero-order valence-electron chi connectivity index (χ0n) is 16.5. The summed E-state index contributed by atoms with van der Waals surface area (Å²) in [5, 5.41) is 19.5. The number of amides is 1. The zero-order valence-corrected chi connectivity index (χ0v) is 19.6. The Kier molecular flexibility index (Phi) is 5.81. The van der Waals surface area contributed by atoms with Crippen LogP contribution in [-0.2, 0) is 0 Å². The van der Waals surface area contributed by atoms with Crippen molar-refractivity contribution < 1.29 is 9.21 Å². The molecule has 164 valence electrons. The van der Waals surface area contributed by atoms with Gasteiger partial charge in [0.25, 0.3) is 5.91 Å². The lowest BCUT2D eigenvalue weighted by Crippen LogP contribution is -2.33. The minimum atomic E-state index is -0.492. The average Bonchev–Trinajstić information content (AvgIpc) is 3.52. The number of thiocarbonyl (C=S) groups is 1. The van der Waals surface area contributed by atoms with E-state index in [2.05, 4.69) is 25.9 Å². The van der Waals surface area contributed by atoms with Gasteiger partial charge in [-0.05, 0) is 60.7 Å². The van der Waals surface area contributed by atoms with Crippen LogP contribution in [0.3, 0.4) is 0 Å². The van der Waals surface area contributed by atoms with Crippen LogP contribution in [0.2, 0.25) is 10.0 Å². The van der Waals surface area contributed by atoms with Crippen molar-refractivity contribution in [3.63, 3.8) is 0 Å². The first kappa shape index (κ1) is 21.5. The van der Waals surface area contributed by atoms with Crippen molar-refractivity contribution in [3.8, 4) is 21.9 Å². The van der Waals surface area contributed by atoms with E-state index in [1.54, 1.807) is 41.2 Å². The van der Waals surface area contributed by atoms with Crippen LogP contribution in [0.4, 0.5) is 5.69 Å². The number of anilines is 1. The lowest BCUT2D eigenvalue weighted by Gasteiger charge is -2.09. The van der Waals surface area contributed by atoms with Gasteiger partial charge in [0.05, 0.1) is 10.0 Å². The second-order valence-corrected chi connectivity index (χ2v) is 8.87. The molecule has 5 rings (SSSR count). The van der Waals surface area contributed by atoms with Gasteiger partial charge in [0, 0.05) is 16.8 Å². The Morgan fingerprint density at radius 3 is 2.70 bits per heavy atom. The highest BCUT2D eigenvalue weighted by atomic mass is 35.5. The van der Waals surface area contributed by atoms with Gasteiger partial charge in [-0.15, -0.1) is 10.2 Å². The summed E-state index contributed by atoms with van der Waals surface area (Å²) in [5.74, 6) is 0.0181. The molecule has 2 aromatic carbocycles. The Labute approximate surface area is 206 Å². The maximum Gasteiger partial charge on any atom is 0.293 e. The van der Waals surface area contributed by atoms with E-state index in [9.17, 15) is 4.79 Å². The SMILES string of the molecule is O=C(NC(=S)Nc1ccc(-c2nn3cnnc3s2)cc1)c1ccc(-c2cccc(Cl)c2Cl)o1. The van der Waals surface area contributed by atoms with Gasteiger partial charge < -0.3 is 9.73 Å². The first-order valence-corrected chi connectivity index (χ1v) is 11.4. The number of hydrogen-bond acceptors (Lipinski definition) is 7. The highest BCUT2D eigenvalue weighted by molar-refractivity contribution is 7.80. The van der Waals surface area contributed by atoms with Gasteiger partial charge in [-0.25, -0.2) is 0 Å². The molecule has 0 aliphatic rings. The molecule has 5 aromatic rings. The van der Waals surface area contributed by atoms with Crippen LogP contribution < -0.4 is 10.6 Å². The summed E-state index contributed by atoms with van der Waals surface area (Å²) in [6, 6.07) is 15.8. The van der Waals surface area contributed by atoms with Crippen LogP contribution in [0.1, 0.15) is 10.6 Å². The number of nitrogens with one attached hydrogen (secondary N) is 2. The maximum atomic E-state index is 12.5. The van der Waals surface area contributed by atoms with E-state index >= 15 is 0 Å². The van der Waals surface area contributed by atoms with Crippen LogP contribution in [0.15, 0.2) is 65.3 Å². The summed E-state index contributed by atoms with van der Waals surface area (Å²) >= 11 is 19.0. The fourth-order valence-corrected chi connectivity index (χ4v) is 4.43. The third-order valence-corrected chi connectivity index (χ3v) is 6.54. The first-order valence-electron chi connectivity index (χ1n) is 9.42. The number of hydrogen-bond donors (Lipinski definition) is 2. The van der Waals surface area contributed by atoms with Crippen molar-refractivity contribution in [1.82, 2.24) is 25.1 Å². The molecule has 0 saturated heterocycles. The van der Waals surface area contributed by atoms with Crippen molar-refractivity contribution in [2.24, 2.45) is 0 Å². The van der Waals surface area contributed by atoms with Crippen LogP contribution in [0, 0.1) is 0 Å². The zero-order chi connectivity index (χ0) is 22.9. The molecule has 0 fully saturated rings. The number of benzene rings is 2. The van der Waals surface area contributed by atoms with E-state index in [-0.39, 0.29) is 10.9 Å². The van der Waals surface area contributed by atoms with Gasteiger partial charge in [0.1, 0.15) is 17.1 Å². The molecule has 0 bridgehead atoms. The molecular formula is C21H12Cl2N6O2S2. The van der Waals surface area contributed by atoms with Gasteiger partial charge in [-0.1, -0.05) is 40.6 Å². The average molecular weight is 515 g/mol. The van der Waals surface area contributed by atoms with Gasteiger partial charge in [-0.3, -0.25) is 10.1 Å². The number of nitrogens with zero attached hydrogens (tertiary/aromatic N) is 4. The summed E-state index contributed by atoms with van der Waals surface area (Å²) < 4.78 is 7.26. The fourth-order valence-electron chi connectivity index (χ4n) is 3.00. The number of furan rings is 1. The van der Waals surface area contributed by atoms with Crippen LogP contribution >= 0.6 is 46.8 Å². The predicted octanol–water partition coefficient (Wildman–Crippen LogP) is 5.55. The molecule has 0 saturated carbocycles. The molecular weight excluding hydrogens is 503 g/mol. The third kappa shape index (κ3) is 4.46. The number of aromatic nitrogens is 4. The van der Waals surface area contributed by atoms with Crippen molar-refractivity contribution in [1.29, 1.82) is 0 Å². The Morgan fingerprint density at radius 1 is 1.09 bits per heavy atom. The molecule has 33 heavy (non-hydrogen) atoms. The van der Waals surface area contributed by atoms with Crippen LogP contribution in [0.25, 0.3) is 26.9 Å². The number of carbonyl (C=O) groups is 1. The number of fused-ring (bicyclic) bond motifs is 1. The standard InChI is InChI=1S/C21H12Cl2N6O2S2/c22-14-3-1-2-13(17(14)23)15-8-9-16(31-15)18(30)26-20(32)25-12-6-4-11(5-7-12)19-28-29-10-24-27-21(29)33-19/h1-10H,(H2,25,26,30,32). The van der Waals surface area contributed by atoms with Gasteiger partial charge in [-0.2, -0.15) is 9.61 Å². The lowest BCUT2D eigenvalue weighted by atomic mass is 10.2. The quantitative estimate of drug-likeness (QED) is 0.303. The van der Waals surface area contributed by atoms with E-state index in [4.69, 9.17) is 39.8 Å². The smallest absolute Gasteiger partial charge is 0.293 e.